The molecule has 110 valence electrons. The summed E-state index contributed by atoms with van der Waals surface area (Å²) >= 11 is 0. The molecule has 2 amide bonds. The molecule has 0 heterocycles. The number of urea groups is 1. The number of hydrogen-bond donors (Lipinski definition) is 2. The quantitative estimate of drug-likeness (QED) is 0.908. The van der Waals surface area contributed by atoms with E-state index in [4.69, 9.17) is 5.14 Å². The van der Waals surface area contributed by atoms with Gasteiger partial charge in [-0.2, -0.15) is 0 Å². The second-order valence-corrected chi connectivity index (χ2v) is 5.96. The first-order chi connectivity index (χ1) is 9.88. The number of nitrogens with one attached hydrogen (secondary N) is 1. The molecule has 3 N–H and O–H groups in total. The maximum absolute atomic E-state index is 12.1. The Morgan fingerprint density at radius 3 is 2.14 bits per heavy atom. The van der Waals surface area contributed by atoms with Gasteiger partial charge in [0, 0.05) is 18.4 Å². The third-order valence-electron chi connectivity index (χ3n) is 2.88. The molecule has 0 radical (unpaired) electrons. The lowest BCUT2D eigenvalue weighted by Crippen LogP contribution is -2.31. The molecular weight excluding hydrogens is 290 g/mol. The van der Waals surface area contributed by atoms with Crippen LogP contribution in [-0.2, 0) is 10.0 Å². The lowest BCUT2D eigenvalue weighted by atomic mass is 10.3. The summed E-state index contributed by atoms with van der Waals surface area (Å²) in [6.45, 7) is 0. The number of anilines is 2. The highest BCUT2D eigenvalue weighted by molar-refractivity contribution is 7.89. The molecule has 0 unspecified atom stereocenters. The van der Waals surface area contributed by atoms with E-state index in [0.29, 0.717) is 11.4 Å². The molecule has 0 fully saturated rings. The SMILES string of the molecule is CN(C(=O)Nc1ccccc1)c1ccc(S(N)(=O)=O)cc1. The van der Waals surface area contributed by atoms with Gasteiger partial charge < -0.3 is 5.32 Å². The Morgan fingerprint density at radius 1 is 1.05 bits per heavy atom. The second kappa shape index (κ2) is 5.94. The molecule has 7 heteroatoms. The molecule has 2 aromatic carbocycles. The number of para-hydroxylation sites is 1. The van der Waals surface area contributed by atoms with Gasteiger partial charge in [0.05, 0.1) is 4.90 Å². The molecule has 2 rings (SSSR count). The molecule has 0 saturated carbocycles. The minimum Gasteiger partial charge on any atom is -0.308 e. The number of nitrogens with zero attached hydrogens (tertiary/aromatic N) is 1. The maximum atomic E-state index is 12.1. The first-order valence-corrected chi connectivity index (χ1v) is 7.65. The van der Waals surface area contributed by atoms with Crippen molar-refractivity contribution in [3.05, 3.63) is 54.6 Å². The minimum absolute atomic E-state index is 0.00289. The number of hydrogen-bond acceptors (Lipinski definition) is 3. The Bertz CT molecular complexity index is 728. The van der Waals surface area contributed by atoms with Crippen LogP contribution < -0.4 is 15.4 Å². The first-order valence-electron chi connectivity index (χ1n) is 6.10. The third kappa shape index (κ3) is 3.80. The van der Waals surface area contributed by atoms with E-state index in [0.717, 1.165) is 0 Å². The Hall–Kier alpha value is -2.38. The monoisotopic (exact) mass is 305 g/mol. The molecule has 0 saturated heterocycles. The van der Waals surface area contributed by atoms with Gasteiger partial charge >= 0.3 is 6.03 Å². The van der Waals surface area contributed by atoms with Gasteiger partial charge in [0.1, 0.15) is 0 Å². The highest BCUT2D eigenvalue weighted by Crippen LogP contribution is 2.17. The van der Waals surface area contributed by atoms with Crippen molar-refractivity contribution in [2.45, 2.75) is 4.90 Å². The summed E-state index contributed by atoms with van der Waals surface area (Å²) in [6, 6.07) is 14.5. The average molecular weight is 305 g/mol. The number of benzene rings is 2. The average Bonchev–Trinajstić information content (AvgIpc) is 2.46. The number of primary sulfonamides is 1. The van der Waals surface area contributed by atoms with Crippen molar-refractivity contribution in [3.63, 3.8) is 0 Å². The summed E-state index contributed by atoms with van der Waals surface area (Å²) in [4.78, 5) is 13.4. The normalized spacial score (nSPS) is 11.0. The highest BCUT2D eigenvalue weighted by Gasteiger charge is 2.13. The number of carbonyl (C=O) groups is 1. The fourth-order valence-electron chi connectivity index (χ4n) is 1.71. The summed E-state index contributed by atoms with van der Waals surface area (Å²) in [5.41, 5.74) is 1.23. The van der Waals surface area contributed by atoms with Crippen LogP contribution in [0.3, 0.4) is 0 Å². The van der Waals surface area contributed by atoms with E-state index in [1.807, 2.05) is 18.2 Å². The standard InChI is InChI=1S/C14H15N3O3S/c1-17(14(18)16-11-5-3-2-4-6-11)12-7-9-13(10-8-12)21(15,19)20/h2-10H,1H3,(H,16,18)(H2,15,19,20). The summed E-state index contributed by atoms with van der Waals surface area (Å²) < 4.78 is 22.3. The van der Waals surface area contributed by atoms with E-state index >= 15 is 0 Å². The maximum Gasteiger partial charge on any atom is 0.326 e. The number of nitrogens with two attached hydrogens (primary N) is 1. The van der Waals surface area contributed by atoms with Crippen LogP contribution in [0.4, 0.5) is 16.2 Å². The van der Waals surface area contributed by atoms with Crippen molar-refractivity contribution >= 4 is 27.4 Å². The predicted octanol–water partition coefficient (Wildman–Crippen LogP) is 2.00. The van der Waals surface area contributed by atoms with Crippen LogP contribution in [0.1, 0.15) is 0 Å². The van der Waals surface area contributed by atoms with Crippen LogP contribution in [0, 0.1) is 0 Å². The molecule has 2 aromatic rings. The van der Waals surface area contributed by atoms with E-state index in [1.165, 1.54) is 29.2 Å². The van der Waals surface area contributed by atoms with Gasteiger partial charge in [-0.05, 0) is 36.4 Å². The van der Waals surface area contributed by atoms with Gasteiger partial charge in [-0.15, -0.1) is 0 Å². The zero-order valence-corrected chi connectivity index (χ0v) is 12.2. The molecule has 0 aromatic heterocycles. The summed E-state index contributed by atoms with van der Waals surface area (Å²) in [7, 11) is -2.15. The second-order valence-electron chi connectivity index (χ2n) is 4.39. The third-order valence-corrected chi connectivity index (χ3v) is 3.81. The van der Waals surface area contributed by atoms with Crippen LogP contribution in [0.2, 0.25) is 0 Å². The van der Waals surface area contributed by atoms with Crippen molar-refractivity contribution in [3.8, 4) is 0 Å². The molecule has 0 atom stereocenters. The van der Waals surface area contributed by atoms with E-state index in [9.17, 15) is 13.2 Å². The van der Waals surface area contributed by atoms with Crippen molar-refractivity contribution in [1.82, 2.24) is 0 Å². The van der Waals surface area contributed by atoms with Crippen molar-refractivity contribution in [2.24, 2.45) is 5.14 Å². The van der Waals surface area contributed by atoms with Crippen LogP contribution in [-0.4, -0.2) is 21.5 Å². The fourth-order valence-corrected chi connectivity index (χ4v) is 2.22. The minimum atomic E-state index is -3.73. The van der Waals surface area contributed by atoms with E-state index < -0.39 is 10.0 Å². The Labute approximate surface area is 123 Å². The molecule has 6 nitrogen and oxygen atoms in total. The van der Waals surface area contributed by atoms with Crippen LogP contribution >= 0.6 is 0 Å². The van der Waals surface area contributed by atoms with E-state index in [2.05, 4.69) is 5.32 Å². The fraction of sp³-hybridized carbons (Fsp3) is 0.0714. The van der Waals surface area contributed by atoms with Gasteiger partial charge in [-0.1, -0.05) is 18.2 Å². The Morgan fingerprint density at radius 2 is 1.62 bits per heavy atom. The first kappa shape index (κ1) is 15.0. The lowest BCUT2D eigenvalue weighted by molar-refractivity contribution is 0.258. The largest absolute Gasteiger partial charge is 0.326 e. The van der Waals surface area contributed by atoms with Gasteiger partial charge in [0.2, 0.25) is 10.0 Å². The summed E-state index contributed by atoms with van der Waals surface area (Å²) in [5.74, 6) is 0. The highest BCUT2D eigenvalue weighted by atomic mass is 32.2. The van der Waals surface area contributed by atoms with Crippen molar-refractivity contribution in [2.75, 3.05) is 17.3 Å². The smallest absolute Gasteiger partial charge is 0.308 e. The van der Waals surface area contributed by atoms with Crippen molar-refractivity contribution in [1.29, 1.82) is 0 Å². The van der Waals surface area contributed by atoms with Crippen LogP contribution in [0.25, 0.3) is 0 Å². The molecule has 0 aliphatic rings. The van der Waals surface area contributed by atoms with Gasteiger partial charge in [0.25, 0.3) is 0 Å². The predicted molar refractivity (Wildman–Crippen MR) is 81.7 cm³/mol. The molecule has 0 aliphatic carbocycles. The van der Waals surface area contributed by atoms with Crippen molar-refractivity contribution < 1.29 is 13.2 Å². The summed E-state index contributed by atoms with van der Waals surface area (Å²) in [6.07, 6.45) is 0. The van der Waals surface area contributed by atoms with E-state index in [-0.39, 0.29) is 10.9 Å². The molecule has 21 heavy (non-hydrogen) atoms. The van der Waals surface area contributed by atoms with E-state index in [1.54, 1.807) is 19.2 Å². The number of amides is 2. The summed E-state index contributed by atoms with van der Waals surface area (Å²) in [5, 5.41) is 7.75. The van der Waals surface area contributed by atoms with Crippen LogP contribution in [0.15, 0.2) is 59.5 Å². The molecule has 0 spiro atoms. The van der Waals surface area contributed by atoms with Crippen LogP contribution in [0.5, 0.6) is 0 Å². The molecule has 0 bridgehead atoms. The van der Waals surface area contributed by atoms with Gasteiger partial charge in [-0.3, -0.25) is 4.90 Å². The van der Waals surface area contributed by atoms with Gasteiger partial charge in [0.15, 0.2) is 0 Å². The van der Waals surface area contributed by atoms with Gasteiger partial charge in [-0.25, -0.2) is 18.4 Å². The zero-order chi connectivity index (χ0) is 15.5. The lowest BCUT2D eigenvalue weighted by Gasteiger charge is -2.18. The number of sulfonamides is 1. The topological polar surface area (TPSA) is 92.5 Å². The Balaban J connectivity index is 2.12. The zero-order valence-electron chi connectivity index (χ0n) is 11.4. The Kier molecular flexibility index (Phi) is 4.25. The molecule has 0 aliphatic heterocycles. The molecular formula is C14H15N3O3S. The number of carbonyl (C=O) groups excluding carboxylic acids is 1. The number of rotatable bonds is 3.